The maximum Gasteiger partial charge on any atom is 0.407 e. The van der Waals surface area contributed by atoms with Crippen LogP contribution in [-0.4, -0.2) is 142 Å². The number of hydrogen-bond donors (Lipinski definition) is 7. The summed E-state index contributed by atoms with van der Waals surface area (Å²) < 4.78 is 18.1. The van der Waals surface area contributed by atoms with Crippen molar-refractivity contribution in [2.45, 2.75) is 173 Å². The quantitative estimate of drug-likeness (QED) is 0.0141. The van der Waals surface area contributed by atoms with E-state index in [0.29, 0.717) is 89.3 Å². The monoisotopic (exact) mass is 1600 g/mol. The first-order valence-corrected chi connectivity index (χ1v) is 37.9. The Bertz CT molecular complexity index is 3910. The Labute approximate surface area is 646 Å². The van der Waals surface area contributed by atoms with Gasteiger partial charge in [0.05, 0.1) is 61.6 Å². The van der Waals surface area contributed by atoms with Gasteiger partial charge in [0, 0.05) is 101 Å². The molecule has 8 N–H and O–H groups in total. The number of thiazole rings is 4. The minimum Gasteiger partial charge on any atom is -0.444 e. The van der Waals surface area contributed by atoms with Crippen molar-refractivity contribution in [2.24, 2.45) is 5.73 Å². The van der Waals surface area contributed by atoms with E-state index >= 15 is 0 Å². The maximum atomic E-state index is 14.1. The van der Waals surface area contributed by atoms with E-state index in [-0.39, 0.29) is 98.2 Å². The minimum atomic E-state index is -0.820. The van der Waals surface area contributed by atoms with E-state index in [1.165, 1.54) is 27.6 Å². The number of nitrogens with two attached hydrogens (primary N) is 1. The summed E-state index contributed by atoms with van der Waals surface area (Å²) in [6.45, 7) is 10.00. The van der Waals surface area contributed by atoms with E-state index in [2.05, 4.69) is 92.9 Å². The zero-order chi connectivity index (χ0) is 74.4. The number of urea groups is 2. The largest absolute Gasteiger partial charge is 0.444 e. The minimum absolute atomic E-state index is 0. The summed E-state index contributed by atoms with van der Waals surface area (Å²) in [5.74, 6) is 0.0348. The predicted molar refractivity (Wildman–Crippen MR) is 424 cm³/mol. The summed E-state index contributed by atoms with van der Waals surface area (Å²) in [7, 11) is 7.14. The molecule has 0 fully saturated rings. The van der Waals surface area contributed by atoms with E-state index in [0.717, 1.165) is 53.4 Å². The second-order valence-electron chi connectivity index (χ2n) is 25.6. The molecule has 2 radical (unpaired) electrons. The molecule has 104 heavy (non-hydrogen) atoms. The Hall–Kier alpha value is -8.62. The first kappa shape index (κ1) is 82.7. The van der Waals surface area contributed by atoms with E-state index in [1.807, 2.05) is 143 Å². The highest BCUT2D eigenvalue weighted by Crippen LogP contribution is 2.23. The highest BCUT2D eigenvalue weighted by Gasteiger charge is 2.29. The first-order chi connectivity index (χ1) is 50.4. The van der Waals surface area contributed by atoms with Crippen LogP contribution in [0.4, 0.5) is 19.2 Å². The van der Waals surface area contributed by atoms with Gasteiger partial charge in [-0.3, -0.25) is 19.6 Å². The van der Waals surface area contributed by atoms with Crippen LogP contribution in [0.15, 0.2) is 174 Å². The molecule has 4 aromatic carbocycles. The fraction of sp³-hybridized carbons (Fsp3) is 0.400. The molecule has 0 aliphatic rings. The number of hydrogen-bond acceptors (Lipinski definition) is 18. The predicted octanol–water partition coefficient (Wildman–Crippen LogP) is 12.2. The van der Waals surface area contributed by atoms with E-state index < -0.39 is 24.3 Å². The summed E-state index contributed by atoms with van der Waals surface area (Å²) in [5.41, 5.74) is 15.2. The van der Waals surface area contributed by atoms with Crippen molar-refractivity contribution in [1.29, 1.82) is 1.34 Å². The van der Waals surface area contributed by atoms with Crippen LogP contribution < -0.4 is 37.6 Å². The Kier molecular flexibility index (Phi) is 36.2. The molecule has 29 heteroatoms. The normalized spacial score (nSPS) is 12.7. The van der Waals surface area contributed by atoms with E-state index in [9.17, 15) is 28.8 Å². The third-order valence-electron chi connectivity index (χ3n) is 16.6. The average Bonchev–Trinajstić information content (AvgIpc) is 1.86. The molecular formula is C75H97BIN15O8S4. The second-order valence-corrected chi connectivity index (χ2v) is 29.4. The molecule has 5 aromatic heterocycles. The molecule has 8 amide bonds. The van der Waals surface area contributed by atoms with Crippen molar-refractivity contribution in [3.63, 3.8) is 0 Å². The number of aryl methyl sites for hydroxylation is 1. The Balaban J connectivity index is 0.000000320. The Morgan fingerprint density at radius 1 is 0.510 bits per heavy atom. The molecular weight excluding hydrogens is 1500 g/mol. The summed E-state index contributed by atoms with van der Waals surface area (Å²) in [6.07, 6.45) is 12.8. The van der Waals surface area contributed by atoms with E-state index in [1.54, 1.807) is 77.6 Å². The zero-order valence-corrected chi connectivity index (χ0v) is 65.3. The van der Waals surface area contributed by atoms with Gasteiger partial charge in [-0.1, -0.05) is 149 Å². The SMILES string of the molecule is CC(C)c1nc(CN(C)C(=O)N[C@@H](CCN)C(=O)N[C@H](CC[C@H](Cc2ccccc2)NC(=O)OCc2cncs2)Cc2ccccc2)cs1.CC(C)c1nc(CN(C)C(=O)N[C@@H](CCn2ccnc2)C(=O)N[C@H](CC[C@H](Cc2ccccc2)NC(=O)OCc2cncs2)Cc2ccccc2)cs1.I.[2H][B]. The van der Waals surface area contributed by atoms with Crippen molar-refractivity contribution >= 4 is 114 Å². The standard InChI is InChI=1S/C39H48N8O4S2.C36H47N7O4S2.BH.HI/c1-28(2)37-43-33(25-52-37)23-46(3)38(49)45-35(16-18-47-19-17-40-26-47)36(48)42-31(20-29-10-6-4-7-11-29)14-15-32(21-30-12-8-5-9-13-30)44-39(50)51-24-34-22-41-27-53-34;1-25(2)34-40-30(23-48-34)21-43(3)35(45)42-32(16-17-37)33(44)39-28(18-26-10-6-4-7-11-26)14-15-29(19-27-12-8-5-9-13-27)41-36(46)47-22-31-20-38-24-49-31;;/h4-13,17,19,22,25-28,31-32,35H,14-16,18,20-21,23-24H2,1-3H3,(H,42,48)(H,44,50)(H,45,49);4-13,20,23-25,28-29,32H,14-19,21-22,37H2,1-3H3,(H,39,44)(H,41,46)(H,42,45);2*1H/t31-,32-,35+;28-,29-,32+;;/m11../s1/i;;1D;. The topological polar surface area (TPSA) is 295 Å². The van der Waals surface area contributed by atoms with Crippen LogP contribution in [-0.2, 0) is 77.6 Å². The smallest absolute Gasteiger partial charge is 0.407 e. The molecule has 554 valence electrons. The number of alkyl carbamates (subject to hydrolysis) is 2. The number of aromatic nitrogens is 6. The van der Waals surface area contributed by atoms with Crippen LogP contribution in [0, 0.1) is 0 Å². The summed E-state index contributed by atoms with van der Waals surface area (Å²) >= 11 is 6.01. The van der Waals surface area contributed by atoms with Gasteiger partial charge < -0.3 is 61.5 Å². The van der Waals surface area contributed by atoms with Crippen LogP contribution in [0.5, 0.6) is 0 Å². The first-order valence-electron chi connectivity index (χ1n) is 34.9. The molecule has 5 heterocycles. The third kappa shape index (κ3) is 30.2. The summed E-state index contributed by atoms with van der Waals surface area (Å²) in [5, 5.41) is 24.4. The maximum absolute atomic E-state index is 14.1. The molecule has 9 aromatic rings. The molecule has 0 bridgehead atoms. The molecule has 0 aliphatic carbocycles. The highest BCUT2D eigenvalue weighted by molar-refractivity contribution is 14.0. The van der Waals surface area contributed by atoms with Crippen molar-refractivity contribution in [2.75, 3.05) is 20.6 Å². The summed E-state index contributed by atoms with van der Waals surface area (Å²) in [6, 6.07) is 36.4. The number of carbonyl (C=O) groups excluding carboxylic acids is 6. The molecule has 0 saturated heterocycles. The molecule has 0 saturated carbocycles. The lowest BCUT2D eigenvalue weighted by atomic mass is 9.95. The van der Waals surface area contributed by atoms with Crippen molar-refractivity contribution in [3.05, 3.63) is 228 Å². The van der Waals surface area contributed by atoms with Crippen LogP contribution in [0.1, 0.15) is 131 Å². The lowest BCUT2D eigenvalue weighted by Gasteiger charge is -2.27. The Morgan fingerprint density at radius 2 is 0.875 bits per heavy atom. The van der Waals surface area contributed by atoms with Gasteiger partial charge in [-0.25, -0.2) is 34.1 Å². The van der Waals surface area contributed by atoms with Crippen LogP contribution in [0.2, 0.25) is 0 Å². The van der Waals surface area contributed by atoms with Crippen molar-refractivity contribution in [3.8, 4) is 0 Å². The second kappa shape index (κ2) is 45.6. The van der Waals surface area contributed by atoms with Crippen LogP contribution >= 0.6 is 69.3 Å². The molecule has 0 spiro atoms. The van der Waals surface area contributed by atoms with Gasteiger partial charge in [-0.15, -0.1) is 69.3 Å². The Morgan fingerprint density at radius 3 is 1.19 bits per heavy atom. The van der Waals surface area contributed by atoms with Crippen molar-refractivity contribution < 1.29 is 38.2 Å². The number of carbonyl (C=O) groups is 6. The van der Waals surface area contributed by atoms with Gasteiger partial charge in [0.2, 0.25) is 11.8 Å². The van der Waals surface area contributed by atoms with E-state index in [4.69, 9.17) is 16.5 Å². The van der Waals surface area contributed by atoms with Crippen LogP contribution in [0.25, 0.3) is 0 Å². The zero-order valence-electron chi connectivity index (χ0n) is 60.7. The molecule has 0 aliphatic heterocycles. The summed E-state index contributed by atoms with van der Waals surface area (Å²) in [4.78, 5) is 107. The van der Waals surface area contributed by atoms with Gasteiger partial charge in [0.25, 0.3) is 0 Å². The molecule has 0 unspecified atom stereocenters. The number of amides is 8. The van der Waals surface area contributed by atoms with Gasteiger partial charge in [0.1, 0.15) is 25.3 Å². The molecule has 6 atom stereocenters. The van der Waals surface area contributed by atoms with Crippen LogP contribution in [0.3, 0.4) is 0 Å². The lowest BCUT2D eigenvalue weighted by Crippen LogP contribution is -2.53. The third-order valence-corrected chi connectivity index (χ3v) is 20.5. The number of nitrogens with zero attached hydrogens (tertiary/aromatic N) is 8. The number of rotatable bonds is 37. The number of halogens is 1. The number of nitrogens with one attached hydrogen (secondary N) is 6. The molecule has 23 nitrogen and oxygen atoms in total. The number of ether oxygens (including phenoxy) is 2. The number of imidazole rings is 1. The molecule has 9 rings (SSSR count). The number of benzene rings is 4. The fourth-order valence-electron chi connectivity index (χ4n) is 11.1. The van der Waals surface area contributed by atoms with Gasteiger partial charge in [-0.2, -0.15) is 0 Å². The van der Waals surface area contributed by atoms with Gasteiger partial charge in [-0.05, 0) is 94.3 Å². The average molecular weight is 1600 g/mol. The van der Waals surface area contributed by atoms with Crippen molar-refractivity contribution in [1.82, 2.24) is 71.2 Å². The lowest BCUT2D eigenvalue weighted by molar-refractivity contribution is -0.124. The van der Waals surface area contributed by atoms with Gasteiger partial charge in [0.15, 0.2) is 0 Å². The van der Waals surface area contributed by atoms with Gasteiger partial charge >= 0.3 is 24.2 Å². The fourth-order valence-corrected chi connectivity index (χ4v) is 13.8. The highest BCUT2D eigenvalue weighted by atomic mass is 127.